The summed E-state index contributed by atoms with van der Waals surface area (Å²) in [6.07, 6.45) is 4.48. The number of nitrogens with one attached hydrogen (secondary N) is 1. The van der Waals surface area contributed by atoms with E-state index in [-0.39, 0.29) is 5.60 Å². The van der Waals surface area contributed by atoms with Gasteiger partial charge < -0.3 is 9.72 Å². The maximum Gasteiger partial charge on any atom is 0.110 e. The van der Waals surface area contributed by atoms with Crippen LogP contribution in [0.1, 0.15) is 25.1 Å². The van der Waals surface area contributed by atoms with Crippen molar-refractivity contribution in [1.29, 1.82) is 0 Å². The van der Waals surface area contributed by atoms with Gasteiger partial charge in [-0.3, -0.25) is 0 Å². The Hall–Kier alpha value is -1.35. The lowest BCUT2D eigenvalue weighted by atomic mass is 9.77. The van der Waals surface area contributed by atoms with Crippen LogP contribution in [-0.2, 0) is 11.2 Å². The first-order valence-corrected chi connectivity index (χ1v) is 5.80. The van der Waals surface area contributed by atoms with Crippen LogP contribution in [0.15, 0.2) is 24.3 Å². The third-order valence-electron chi connectivity index (χ3n) is 3.63. The summed E-state index contributed by atoms with van der Waals surface area (Å²) in [5.74, 6) is 1.04. The molecule has 1 aromatic heterocycles. The molecule has 0 atom stereocenters. The molecule has 3 heteroatoms. The van der Waals surface area contributed by atoms with Gasteiger partial charge in [0.1, 0.15) is 5.82 Å². The summed E-state index contributed by atoms with van der Waals surface area (Å²) in [4.78, 5) is 7.95. The summed E-state index contributed by atoms with van der Waals surface area (Å²) in [6, 6.07) is 8.14. The number of H-pyrrole nitrogens is 1. The zero-order valence-electron chi connectivity index (χ0n) is 9.49. The molecule has 1 N–H and O–H groups in total. The molecular formula is C13H16N2O. The molecule has 3 nitrogen and oxygen atoms in total. The van der Waals surface area contributed by atoms with Crippen LogP contribution in [0.3, 0.4) is 0 Å². The van der Waals surface area contributed by atoms with E-state index >= 15 is 0 Å². The molecule has 1 heterocycles. The van der Waals surface area contributed by atoms with Gasteiger partial charge in [-0.2, -0.15) is 0 Å². The smallest absolute Gasteiger partial charge is 0.110 e. The number of para-hydroxylation sites is 2. The van der Waals surface area contributed by atoms with Crippen LogP contribution in [0.25, 0.3) is 11.0 Å². The molecule has 0 bridgehead atoms. The van der Waals surface area contributed by atoms with Gasteiger partial charge in [-0.05, 0) is 31.4 Å². The average molecular weight is 216 g/mol. The van der Waals surface area contributed by atoms with Crippen molar-refractivity contribution < 1.29 is 4.74 Å². The quantitative estimate of drug-likeness (QED) is 0.856. The molecule has 1 aromatic carbocycles. The minimum Gasteiger partial charge on any atom is -0.378 e. The van der Waals surface area contributed by atoms with Crippen molar-refractivity contribution in [3.8, 4) is 0 Å². The topological polar surface area (TPSA) is 37.9 Å². The normalized spacial score (nSPS) is 18.6. The second-order valence-corrected chi connectivity index (χ2v) is 4.62. The fourth-order valence-corrected chi connectivity index (χ4v) is 2.42. The van der Waals surface area contributed by atoms with E-state index in [2.05, 4.69) is 16.0 Å². The van der Waals surface area contributed by atoms with Gasteiger partial charge in [0.25, 0.3) is 0 Å². The van der Waals surface area contributed by atoms with Crippen LogP contribution in [0.2, 0.25) is 0 Å². The molecule has 2 aromatic rings. The Morgan fingerprint density at radius 2 is 2.19 bits per heavy atom. The lowest BCUT2D eigenvalue weighted by molar-refractivity contribution is -0.0719. The molecule has 0 amide bonds. The summed E-state index contributed by atoms with van der Waals surface area (Å²) in [5, 5.41) is 0. The number of aromatic nitrogens is 2. The van der Waals surface area contributed by atoms with E-state index in [4.69, 9.17) is 4.74 Å². The highest BCUT2D eigenvalue weighted by Gasteiger charge is 2.37. The average Bonchev–Trinajstić information content (AvgIpc) is 2.65. The monoisotopic (exact) mass is 216 g/mol. The van der Waals surface area contributed by atoms with E-state index in [0.717, 1.165) is 36.1 Å². The summed E-state index contributed by atoms with van der Waals surface area (Å²) < 4.78 is 5.61. The highest BCUT2D eigenvalue weighted by molar-refractivity contribution is 5.74. The van der Waals surface area contributed by atoms with Crippen LogP contribution in [-0.4, -0.2) is 22.7 Å². The van der Waals surface area contributed by atoms with E-state index in [1.54, 1.807) is 0 Å². The number of imidazole rings is 1. The SMILES string of the molecule is COC1(Cc2nc3ccccc3[nH]2)CCC1. The molecule has 16 heavy (non-hydrogen) atoms. The van der Waals surface area contributed by atoms with Gasteiger partial charge in [0, 0.05) is 13.5 Å². The third-order valence-corrected chi connectivity index (χ3v) is 3.63. The molecule has 1 aliphatic carbocycles. The zero-order chi connectivity index (χ0) is 11.0. The Morgan fingerprint density at radius 1 is 1.38 bits per heavy atom. The molecule has 1 aliphatic rings. The lowest BCUT2D eigenvalue weighted by Gasteiger charge is -2.39. The first kappa shape index (κ1) is 9.85. The fraction of sp³-hybridized carbons (Fsp3) is 0.462. The van der Waals surface area contributed by atoms with E-state index in [9.17, 15) is 0 Å². The molecule has 84 valence electrons. The van der Waals surface area contributed by atoms with Gasteiger partial charge >= 0.3 is 0 Å². The van der Waals surface area contributed by atoms with E-state index in [1.807, 2.05) is 25.3 Å². The van der Waals surface area contributed by atoms with Gasteiger partial charge in [0.2, 0.25) is 0 Å². The van der Waals surface area contributed by atoms with Gasteiger partial charge in [-0.15, -0.1) is 0 Å². The predicted octanol–water partition coefficient (Wildman–Crippen LogP) is 2.67. The molecule has 1 fully saturated rings. The minimum atomic E-state index is 0.0495. The Labute approximate surface area is 94.8 Å². The van der Waals surface area contributed by atoms with Crippen molar-refractivity contribution in [2.24, 2.45) is 0 Å². The molecule has 1 saturated carbocycles. The Kier molecular flexibility index (Phi) is 2.21. The second kappa shape index (κ2) is 3.59. The maximum absolute atomic E-state index is 5.61. The third kappa shape index (κ3) is 1.52. The van der Waals surface area contributed by atoms with Crippen molar-refractivity contribution in [3.63, 3.8) is 0 Å². The highest BCUT2D eigenvalue weighted by Crippen LogP contribution is 2.37. The minimum absolute atomic E-state index is 0.0495. The predicted molar refractivity (Wildman–Crippen MR) is 63.4 cm³/mol. The Morgan fingerprint density at radius 3 is 2.81 bits per heavy atom. The van der Waals surface area contributed by atoms with Gasteiger partial charge in [-0.25, -0.2) is 4.98 Å². The van der Waals surface area contributed by atoms with Crippen molar-refractivity contribution in [2.45, 2.75) is 31.3 Å². The van der Waals surface area contributed by atoms with Crippen LogP contribution in [0, 0.1) is 0 Å². The number of nitrogens with zero attached hydrogens (tertiary/aromatic N) is 1. The standard InChI is InChI=1S/C13H16N2O/c1-16-13(7-4-8-13)9-12-14-10-5-2-3-6-11(10)15-12/h2-3,5-6H,4,7-9H2,1H3,(H,14,15). The zero-order valence-corrected chi connectivity index (χ0v) is 9.49. The number of rotatable bonds is 3. The van der Waals surface area contributed by atoms with Crippen molar-refractivity contribution in [2.75, 3.05) is 7.11 Å². The number of aromatic amines is 1. The number of benzene rings is 1. The van der Waals surface area contributed by atoms with E-state index in [1.165, 1.54) is 6.42 Å². The van der Waals surface area contributed by atoms with Crippen LogP contribution >= 0.6 is 0 Å². The number of ether oxygens (including phenoxy) is 1. The molecular weight excluding hydrogens is 200 g/mol. The van der Waals surface area contributed by atoms with Crippen LogP contribution in [0.5, 0.6) is 0 Å². The number of hydrogen-bond acceptors (Lipinski definition) is 2. The van der Waals surface area contributed by atoms with Crippen LogP contribution < -0.4 is 0 Å². The fourth-order valence-electron chi connectivity index (χ4n) is 2.42. The summed E-state index contributed by atoms with van der Waals surface area (Å²) in [7, 11) is 1.81. The van der Waals surface area contributed by atoms with Crippen LogP contribution in [0.4, 0.5) is 0 Å². The second-order valence-electron chi connectivity index (χ2n) is 4.62. The number of methoxy groups -OCH3 is 1. The summed E-state index contributed by atoms with van der Waals surface area (Å²) in [6.45, 7) is 0. The molecule has 0 aliphatic heterocycles. The van der Waals surface area contributed by atoms with Crippen molar-refractivity contribution in [3.05, 3.63) is 30.1 Å². The lowest BCUT2D eigenvalue weighted by Crippen LogP contribution is -2.41. The van der Waals surface area contributed by atoms with Gasteiger partial charge in [-0.1, -0.05) is 12.1 Å². The number of hydrogen-bond donors (Lipinski definition) is 1. The molecule has 3 rings (SSSR count). The first-order chi connectivity index (χ1) is 7.81. The first-order valence-electron chi connectivity index (χ1n) is 5.80. The van der Waals surface area contributed by atoms with Crippen molar-refractivity contribution in [1.82, 2.24) is 9.97 Å². The summed E-state index contributed by atoms with van der Waals surface area (Å²) in [5.41, 5.74) is 2.21. The Bertz CT molecular complexity index is 461. The molecule has 0 saturated heterocycles. The van der Waals surface area contributed by atoms with E-state index in [0.29, 0.717) is 0 Å². The van der Waals surface area contributed by atoms with Gasteiger partial charge in [0.05, 0.1) is 16.6 Å². The molecule has 0 spiro atoms. The largest absolute Gasteiger partial charge is 0.378 e. The van der Waals surface area contributed by atoms with Gasteiger partial charge in [0.15, 0.2) is 0 Å². The molecule has 0 unspecified atom stereocenters. The summed E-state index contributed by atoms with van der Waals surface area (Å²) >= 11 is 0. The highest BCUT2D eigenvalue weighted by atomic mass is 16.5. The Balaban J connectivity index is 1.89. The number of fused-ring (bicyclic) bond motifs is 1. The maximum atomic E-state index is 5.61. The van der Waals surface area contributed by atoms with E-state index < -0.39 is 0 Å². The molecule has 0 radical (unpaired) electrons. The van der Waals surface area contributed by atoms with Crippen molar-refractivity contribution >= 4 is 11.0 Å².